The fourth-order valence-electron chi connectivity index (χ4n) is 1.79. The Morgan fingerprint density at radius 1 is 1.35 bits per heavy atom. The minimum Gasteiger partial charge on any atom is -0.385 e. The molecule has 17 heavy (non-hydrogen) atoms. The van der Waals surface area contributed by atoms with Gasteiger partial charge in [0.15, 0.2) is 0 Å². The standard InChI is InChI=1S/C13H15N3O/c1-13(17,11-3-2-5-15-9-11)8-10-4-6-16-12(14)7-10/h2-7,9,17H,8H2,1H3,(H2,14,16). The summed E-state index contributed by atoms with van der Waals surface area (Å²) in [4.78, 5) is 7.94. The van der Waals surface area contributed by atoms with Gasteiger partial charge in [-0.3, -0.25) is 4.98 Å². The highest BCUT2D eigenvalue weighted by Gasteiger charge is 2.23. The molecule has 0 saturated carbocycles. The Morgan fingerprint density at radius 3 is 2.82 bits per heavy atom. The lowest BCUT2D eigenvalue weighted by Crippen LogP contribution is -2.24. The monoisotopic (exact) mass is 229 g/mol. The minimum atomic E-state index is -0.956. The Hall–Kier alpha value is -1.94. The van der Waals surface area contributed by atoms with Crippen LogP contribution in [0.1, 0.15) is 18.1 Å². The number of nitrogen functional groups attached to an aromatic ring is 1. The van der Waals surface area contributed by atoms with Crippen LogP contribution in [-0.2, 0) is 12.0 Å². The van der Waals surface area contributed by atoms with Crippen molar-refractivity contribution >= 4 is 5.82 Å². The molecule has 0 saturated heterocycles. The van der Waals surface area contributed by atoms with Gasteiger partial charge < -0.3 is 10.8 Å². The number of hydrogen-bond donors (Lipinski definition) is 2. The second kappa shape index (κ2) is 4.51. The van der Waals surface area contributed by atoms with Crippen molar-refractivity contribution in [3.63, 3.8) is 0 Å². The van der Waals surface area contributed by atoms with Gasteiger partial charge in [-0.25, -0.2) is 4.98 Å². The highest BCUT2D eigenvalue weighted by atomic mass is 16.3. The molecule has 0 spiro atoms. The van der Waals surface area contributed by atoms with Gasteiger partial charge >= 0.3 is 0 Å². The molecule has 0 radical (unpaired) electrons. The second-order valence-electron chi connectivity index (χ2n) is 4.28. The van der Waals surface area contributed by atoms with Crippen LogP contribution in [0.3, 0.4) is 0 Å². The van der Waals surface area contributed by atoms with Gasteiger partial charge in [-0.1, -0.05) is 6.07 Å². The first-order chi connectivity index (χ1) is 8.08. The molecular formula is C13H15N3O. The van der Waals surface area contributed by atoms with Crippen LogP contribution in [0.2, 0.25) is 0 Å². The molecule has 0 aliphatic rings. The quantitative estimate of drug-likeness (QED) is 0.836. The fourth-order valence-corrected chi connectivity index (χ4v) is 1.79. The highest BCUT2D eigenvalue weighted by molar-refractivity contribution is 5.33. The Bertz CT molecular complexity index is 497. The number of aromatic nitrogens is 2. The number of pyridine rings is 2. The molecule has 0 fully saturated rings. The van der Waals surface area contributed by atoms with Crippen LogP contribution in [0.15, 0.2) is 42.9 Å². The van der Waals surface area contributed by atoms with Gasteiger partial charge in [-0.05, 0) is 30.7 Å². The first kappa shape index (κ1) is 11.5. The van der Waals surface area contributed by atoms with Crippen LogP contribution in [-0.4, -0.2) is 15.1 Å². The zero-order chi connectivity index (χ0) is 12.3. The SMILES string of the molecule is CC(O)(Cc1ccnc(N)c1)c1cccnc1. The molecule has 2 aromatic rings. The van der Waals surface area contributed by atoms with Crippen LogP contribution >= 0.6 is 0 Å². The van der Waals surface area contributed by atoms with E-state index in [0.717, 1.165) is 11.1 Å². The van der Waals surface area contributed by atoms with E-state index >= 15 is 0 Å². The number of nitrogens with zero attached hydrogens (tertiary/aromatic N) is 2. The predicted octanol–water partition coefficient (Wildman–Crippen LogP) is 1.51. The van der Waals surface area contributed by atoms with Gasteiger partial charge in [0.25, 0.3) is 0 Å². The Balaban J connectivity index is 2.23. The van der Waals surface area contributed by atoms with Gasteiger partial charge in [-0.2, -0.15) is 0 Å². The molecule has 0 aromatic carbocycles. The van der Waals surface area contributed by atoms with E-state index in [1.807, 2.05) is 18.2 Å². The van der Waals surface area contributed by atoms with Crippen molar-refractivity contribution in [1.29, 1.82) is 0 Å². The molecular weight excluding hydrogens is 214 g/mol. The number of rotatable bonds is 3. The highest BCUT2D eigenvalue weighted by Crippen LogP contribution is 2.24. The average molecular weight is 229 g/mol. The number of anilines is 1. The van der Waals surface area contributed by atoms with Gasteiger partial charge in [0, 0.05) is 30.6 Å². The van der Waals surface area contributed by atoms with Gasteiger partial charge in [0.2, 0.25) is 0 Å². The zero-order valence-corrected chi connectivity index (χ0v) is 9.67. The summed E-state index contributed by atoms with van der Waals surface area (Å²) in [5.41, 5.74) is 6.39. The van der Waals surface area contributed by atoms with Crippen LogP contribution in [0.4, 0.5) is 5.82 Å². The summed E-state index contributed by atoms with van der Waals surface area (Å²) in [6, 6.07) is 7.29. The van der Waals surface area contributed by atoms with Crippen molar-refractivity contribution in [3.8, 4) is 0 Å². The van der Waals surface area contributed by atoms with E-state index in [1.54, 1.807) is 31.6 Å². The lowest BCUT2D eigenvalue weighted by molar-refractivity contribution is 0.0573. The van der Waals surface area contributed by atoms with E-state index < -0.39 is 5.60 Å². The van der Waals surface area contributed by atoms with Crippen molar-refractivity contribution in [2.75, 3.05) is 5.73 Å². The predicted molar refractivity (Wildman–Crippen MR) is 66.2 cm³/mol. The molecule has 88 valence electrons. The largest absolute Gasteiger partial charge is 0.385 e. The second-order valence-corrected chi connectivity index (χ2v) is 4.28. The van der Waals surface area contributed by atoms with Crippen molar-refractivity contribution in [2.24, 2.45) is 0 Å². The zero-order valence-electron chi connectivity index (χ0n) is 9.67. The summed E-state index contributed by atoms with van der Waals surface area (Å²) in [5.74, 6) is 0.462. The van der Waals surface area contributed by atoms with Crippen molar-refractivity contribution in [1.82, 2.24) is 9.97 Å². The maximum atomic E-state index is 10.4. The Labute approximate surface area is 100 Å². The third kappa shape index (κ3) is 2.79. The Morgan fingerprint density at radius 2 is 2.18 bits per heavy atom. The molecule has 0 aliphatic heterocycles. The third-order valence-electron chi connectivity index (χ3n) is 2.68. The molecule has 3 N–H and O–H groups in total. The summed E-state index contributed by atoms with van der Waals surface area (Å²) in [5, 5.41) is 10.4. The first-order valence-electron chi connectivity index (χ1n) is 5.41. The summed E-state index contributed by atoms with van der Waals surface area (Å²) in [6.45, 7) is 1.76. The summed E-state index contributed by atoms with van der Waals surface area (Å²) in [7, 11) is 0. The number of nitrogens with two attached hydrogens (primary N) is 1. The summed E-state index contributed by atoms with van der Waals surface area (Å²) in [6.07, 6.45) is 5.48. The lowest BCUT2D eigenvalue weighted by atomic mass is 9.90. The molecule has 4 nitrogen and oxygen atoms in total. The van der Waals surface area contributed by atoms with E-state index in [0.29, 0.717) is 12.2 Å². The molecule has 2 aromatic heterocycles. The smallest absolute Gasteiger partial charge is 0.123 e. The summed E-state index contributed by atoms with van der Waals surface area (Å²) >= 11 is 0. The number of aliphatic hydroxyl groups is 1. The normalized spacial score (nSPS) is 14.2. The van der Waals surface area contributed by atoms with E-state index in [2.05, 4.69) is 9.97 Å². The molecule has 0 bridgehead atoms. The fraction of sp³-hybridized carbons (Fsp3) is 0.231. The topological polar surface area (TPSA) is 72.0 Å². The molecule has 1 unspecified atom stereocenters. The van der Waals surface area contributed by atoms with Crippen molar-refractivity contribution in [3.05, 3.63) is 54.0 Å². The van der Waals surface area contributed by atoms with E-state index in [-0.39, 0.29) is 0 Å². The van der Waals surface area contributed by atoms with E-state index in [1.165, 1.54) is 0 Å². The summed E-state index contributed by atoms with van der Waals surface area (Å²) < 4.78 is 0. The lowest BCUT2D eigenvalue weighted by Gasteiger charge is -2.23. The third-order valence-corrected chi connectivity index (χ3v) is 2.68. The molecule has 0 aliphatic carbocycles. The van der Waals surface area contributed by atoms with Gasteiger partial charge in [0.1, 0.15) is 5.82 Å². The molecule has 2 heterocycles. The van der Waals surface area contributed by atoms with E-state index in [4.69, 9.17) is 5.73 Å². The van der Waals surface area contributed by atoms with Gasteiger partial charge in [0.05, 0.1) is 5.60 Å². The average Bonchev–Trinajstić information content (AvgIpc) is 2.29. The van der Waals surface area contributed by atoms with Crippen molar-refractivity contribution in [2.45, 2.75) is 18.9 Å². The molecule has 2 rings (SSSR count). The van der Waals surface area contributed by atoms with E-state index in [9.17, 15) is 5.11 Å². The van der Waals surface area contributed by atoms with Crippen LogP contribution in [0, 0.1) is 0 Å². The van der Waals surface area contributed by atoms with Crippen LogP contribution in [0.25, 0.3) is 0 Å². The first-order valence-corrected chi connectivity index (χ1v) is 5.41. The Kier molecular flexibility index (Phi) is 3.06. The molecule has 1 atom stereocenters. The maximum absolute atomic E-state index is 10.4. The minimum absolute atomic E-state index is 0.462. The van der Waals surface area contributed by atoms with Gasteiger partial charge in [-0.15, -0.1) is 0 Å². The molecule has 4 heteroatoms. The van der Waals surface area contributed by atoms with Crippen LogP contribution < -0.4 is 5.73 Å². The van der Waals surface area contributed by atoms with Crippen LogP contribution in [0.5, 0.6) is 0 Å². The molecule has 0 amide bonds. The number of hydrogen-bond acceptors (Lipinski definition) is 4. The maximum Gasteiger partial charge on any atom is 0.123 e. The van der Waals surface area contributed by atoms with Crippen molar-refractivity contribution < 1.29 is 5.11 Å².